The van der Waals surface area contributed by atoms with Crippen LogP contribution >= 0.6 is 0 Å². The van der Waals surface area contributed by atoms with Gasteiger partial charge in [-0.25, -0.2) is 0 Å². The Morgan fingerprint density at radius 1 is 0.900 bits per heavy atom. The Hall–Kier alpha value is -0.860. The Kier molecular flexibility index (Phi) is 9.35. The lowest BCUT2D eigenvalue weighted by Gasteiger charge is -2.20. The van der Waals surface area contributed by atoms with Crippen LogP contribution in [0, 0.1) is 5.92 Å². The molecule has 3 heteroatoms. The second kappa shape index (κ2) is 10.9. The van der Waals surface area contributed by atoms with Crippen molar-refractivity contribution in [3.05, 3.63) is 0 Å². The number of piperidine rings is 1. The summed E-state index contributed by atoms with van der Waals surface area (Å²) >= 11 is 0. The first kappa shape index (κ1) is 17.2. The van der Waals surface area contributed by atoms with Gasteiger partial charge >= 0.3 is 0 Å². The zero-order valence-corrected chi connectivity index (χ0v) is 13.1. The molecule has 20 heavy (non-hydrogen) atoms. The van der Waals surface area contributed by atoms with Crippen LogP contribution in [-0.4, -0.2) is 11.8 Å². The predicted octanol–water partition coefficient (Wildman–Crippen LogP) is 4.35. The van der Waals surface area contributed by atoms with Gasteiger partial charge in [-0.2, -0.15) is 0 Å². The Labute approximate surface area is 123 Å². The highest BCUT2D eigenvalue weighted by molar-refractivity contribution is 5.98. The topological polar surface area (TPSA) is 46.2 Å². The van der Waals surface area contributed by atoms with Crippen molar-refractivity contribution in [2.75, 3.05) is 0 Å². The molecule has 1 unspecified atom stereocenters. The highest BCUT2D eigenvalue weighted by Crippen LogP contribution is 2.20. The van der Waals surface area contributed by atoms with E-state index in [9.17, 15) is 9.59 Å². The predicted molar refractivity (Wildman–Crippen MR) is 82.3 cm³/mol. The summed E-state index contributed by atoms with van der Waals surface area (Å²) in [5.41, 5.74) is 0. The van der Waals surface area contributed by atoms with Crippen LogP contribution in [0.4, 0.5) is 0 Å². The van der Waals surface area contributed by atoms with E-state index < -0.39 is 0 Å². The van der Waals surface area contributed by atoms with Crippen LogP contribution in [-0.2, 0) is 9.59 Å². The van der Waals surface area contributed by atoms with Crippen molar-refractivity contribution in [1.82, 2.24) is 5.32 Å². The van der Waals surface area contributed by atoms with Gasteiger partial charge in [0.05, 0.1) is 0 Å². The third-order valence-corrected chi connectivity index (χ3v) is 4.26. The number of imide groups is 1. The lowest BCUT2D eigenvalue weighted by molar-refractivity contribution is -0.136. The standard InChI is InChI=1S/C17H31NO2/c1-2-3-4-5-6-7-8-9-10-11-12-15-13-14-16(19)18-17(15)20/h15H,2-14H2,1H3,(H,18,19,20). The van der Waals surface area contributed by atoms with E-state index in [1.807, 2.05) is 0 Å². The van der Waals surface area contributed by atoms with E-state index in [-0.39, 0.29) is 17.7 Å². The van der Waals surface area contributed by atoms with Gasteiger partial charge in [0.25, 0.3) is 0 Å². The Balaban J connectivity index is 1.87. The average Bonchev–Trinajstić information content (AvgIpc) is 2.43. The van der Waals surface area contributed by atoms with Gasteiger partial charge in [0, 0.05) is 12.3 Å². The minimum atomic E-state index is -0.102. The largest absolute Gasteiger partial charge is 0.296 e. The summed E-state index contributed by atoms with van der Waals surface area (Å²) < 4.78 is 0. The van der Waals surface area contributed by atoms with Crippen LogP contribution in [0.1, 0.15) is 90.4 Å². The second-order valence-corrected chi connectivity index (χ2v) is 6.12. The molecule has 0 aromatic rings. The molecule has 1 atom stereocenters. The molecule has 1 aliphatic heterocycles. The summed E-state index contributed by atoms with van der Waals surface area (Å²) in [5.74, 6) is -0.0618. The SMILES string of the molecule is CCCCCCCCCCCCC1CCC(=O)NC1=O. The number of carbonyl (C=O) groups is 2. The lowest BCUT2D eigenvalue weighted by Crippen LogP contribution is -2.40. The third-order valence-electron chi connectivity index (χ3n) is 4.26. The van der Waals surface area contributed by atoms with E-state index >= 15 is 0 Å². The van der Waals surface area contributed by atoms with E-state index in [0.29, 0.717) is 6.42 Å². The smallest absolute Gasteiger partial charge is 0.229 e. The molecule has 1 heterocycles. The normalized spacial score (nSPS) is 19.1. The first-order chi connectivity index (χ1) is 9.74. The van der Waals surface area contributed by atoms with Crippen LogP contribution in [0.15, 0.2) is 0 Å². The van der Waals surface area contributed by atoms with E-state index in [1.54, 1.807) is 0 Å². The second-order valence-electron chi connectivity index (χ2n) is 6.12. The minimum absolute atomic E-state index is 0.0443. The zero-order chi connectivity index (χ0) is 14.6. The van der Waals surface area contributed by atoms with Crippen LogP contribution in [0.3, 0.4) is 0 Å². The molecule has 0 aliphatic carbocycles. The van der Waals surface area contributed by atoms with Gasteiger partial charge in [-0.3, -0.25) is 14.9 Å². The number of hydrogen-bond donors (Lipinski definition) is 1. The van der Waals surface area contributed by atoms with Crippen molar-refractivity contribution in [1.29, 1.82) is 0 Å². The quantitative estimate of drug-likeness (QED) is 0.452. The lowest BCUT2D eigenvalue weighted by atomic mass is 9.92. The molecule has 0 aromatic carbocycles. The maximum absolute atomic E-state index is 11.6. The van der Waals surface area contributed by atoms with E-state index in [0.717, 1.165) is 19.3 Å². The summed E-state index contributed by atoms with van der Waals surface area (Å²) in [7, 11) is 0. The zero-order valence-electron chi connectivity index (χ0n) is 13.1. The molecule has 0 bridgehead atoms. The summed E-state index contributed by atoms with van der Waals surface area (Å²) in [4.78, 5) is 22.6. The van der Waals surface area contributed by atoms with Crippen molar-refractivity contribution in [2.45, 2.75) is 90.4 Å². The fraction of sp³-hybridized carbons (Fsp3) is 0.882. The molecular weight excluding hydrogens is 250 g/mol. The first-order valence-corrected chi connectivity index (χ1v) is 8.57. The maximum Gasteiger partial charge on any atom is 0.229 e. The molecular formula is C17H31NO2. The van der Waals surface area contributed by atoms with Gasteiger partial charge < -0.3 is 0 Å². The molecule has 1 saturated heterocycles. The number of unbranched alkanes of at least 4 members (excludes halogenated alkanes) is 9. The molecule has 1 fully saturated rings. The molecule has 0 spiro atoms. The number of amides is 2. The van der Waals surface area contributed by atoms with Gasteiger partial charge in [0.1, 0.15) is 0 Å². The Morgan fingerprint density at radius 2 is 1.45 bits per heavy atom. The van der Waals surface area contributed by atoms with Crippen LogP contribution < -0.4 is 5.32 Å². The van der Waals surface area contributed by atoms with Crippen molar-refractivity contribution in [3.63, 3.8) is 0 Å². The van der Waals surface area contributed by atoms with E-state index in [4.69, 9.17) is 0 Å². The van der Waals surface area contributed by atoms with Crippen molar-refractivity contribution >= 4 is 11.8 Å². The van der Waals surface area contributed by atoms with Crippen LogP contribution in [0.2, 0.25) is 0 Å². The minimum Gasteiger partial charge on any atom is -0.296 e. The summed E-state index contributed by atoms with van der Waals surface area (Å²) in [5, 5.41) is 2.44. The maximum atomic E-state index is 11.6. The van der Waals surface area contributed by atoms with Crippen LogP contribution in [0.25, 0.3) is 0 Å². The summed E-state index contributed by atoms with van der Waals surface area (Å²) in [6, 6.07) is 0. The molecule has 1 rings (SSSR count). The third kappa shape index (κ3) is 7.66. The average molecular weight is 281 g/mol. The molecule has 0 radical (unpaired) electrons. The van der Waals surface area contributed by atoms with Crippen molar-refractivity contribution in [2.24, 2.45) is 5.92 Å². The number of rotatable bonds is 11. The van der Waals surface area contributed by atoms with Gasteiger partial charge in [0.2, 0.25) is 11.8 Å². The molecule has 0 saturated carbocycles. The van der Waals surface area contributed by atoms with Crippen molar-refractivity contribution in [3.8, 4) is 0 Å². The van der Waals surface area contributed by atoms with Gasteiger partial charge in [0.15, 0.2) is 0 Å². The van der Waals surface area contributed by atoms with Crippen LogP contribution in [0.5, 0.6) is 0 Å². The Morgan fingerprint density at radius 3 is 2.00 bits per heavy atom. The molecule has 0 aromatic heterocycles. The summed E-state index contributed by atoms with van der Waals surface area (Å²) in [6.07, 6.45) is 15.4. The first-order valence-electron chi connectivity index (χ1n) is 8.57. The van der Waals surface area contributed by atoms with Crippen molar-refractivity contribution < 1.29 is 9.59 Å². The van der Waals surface area contributed by atoms with Gasteiger partial charge in [-0.15, -0.1) is 0 Å². The van der Waals surface area contributed by atoms with E-state index in [1.165, 1.54) is 57.8 Å². The highest BCUT2D eigenvalue weighted by Gasteiger charge is 2.25. The fourth-order valence-electron chi connectivity index (χ4n) is 2.89. The fourth-order valence-corrected chi connectivity index (χ4v) is 2.89. The monoisotopic (exact) mass is 281 g/mol. The molecule has 1 N–H and O–H groups in total. The highest BCUT2D eigenvalue weighted by atomic mass is 16.2. The van der Waals surface area contributed by atoms with E-state index in [2.05, 4.69) is 12.2 Å². The number of nitrogens with one attached hydrogen (secondary N) is 1. The summed E-state index contributed by atoms with van der Waals surface area (Å²) in [6.45, 7) is 2.25. The molecule has 2 amide bonds. The number of carbonyl (C=O) groups excluding carboxylic acids is 2. The molecule has 3 nitrogen and oxygen atoms in total. The van der Waals surface area contributed by atoms with Gasteiger partial charge in [-0.1, -0.05) is 71.1 Å². The number of hydrogen-bond acceptors (Lipinski definition) is 2. The molecule has 116 valence electrons. The van der Waals surface area contributed by atoms with Gasteiger partial charge in [-0.05, 0) is 12.8 Å². The Bertz CT molecular complexity index is 289. The molecule has 1 aliphatic rings.